The molecule has 0 aliphatic heterocycles. The van der Waals surface area contributed by atoms with Crippen molar-refractivity contribution < 1.29 is 18.5 Å². The Labute approximate surface area is 130 Å². The van der Waals surface area contributed by atoms with E-state index in [-0.39, 0.29) is 18.1 Å². The summed E-state index contributed by atoms with van der Waals surface area (Å²) in [4.78, 5) is 27.6. The lowest BCUT2D eigenvalue weighted by Crippen LogP contribution is -2.16. The lowest BCUT2D eigenvalue weighted by Gasteiger charge is -2.01. The summed E-state index contributed by atoms with van der Waals surface area (Å²) in [6.45, 7) is 1.78. The van der Waals surface area contributed by atoms with Gasteiger partial charge in [-0.3, -0.25) is 9.51 Å². The van der Waals surface area contributed by atoms with Gasteiger partial charge in [-0.05, 0) is 25.1 Å². The minimum Gasteiger partial charge on any atom is -0.463 e. The number of carbonyl (C=O) groups is 1. The van der Waals surface area contributed by atoms with E-state index in [9.17, 15) is 9.59 Å². The minimum atomic E-state index is -0.640. The van der Waals surface area contributed by atoms with Crippen LogP contribution in [0.15, 0.2) is 44.2 Å². The van der Waals surface area contributed by atoms with E-state index < -0.39 is 11.7 Å². The maximum Gasteiger partial charge on any atom is 0.442 e. The van der Waals surface area contributed by atoms with Crippen molar-refractivity contribution in [3.05, 3.63) is 58.1 Å². The highest BCUT2D eigenvalue weighted by Gasteiger charge is 2.19. The fraction of sp³-hybridized carbons (Fsp3) is 0.200. The summed E-state index contributed by atoms with van der Waals surface area (Å²) in [7, 11) is 1.27. The summed E-state index contributed by atoms with van der Waals surface area (Å²) in [6.07, 6.45) is 1.59. The normalized spacial score (nSPS) is 10.7. The molecule has 0 radical (unpaired) electrons. The van der Waals surface area contributed by atoms with Gasteiger partial charge >= 0.3 is 11.7 Å². The monoisotopic (exact) mass is 315 g/mol. The van der Waals surface area contributed by atoms with Crippen molar-refractivity contribution in [1.29, 1.82) is 0 Å². The number of furan rings is 1. The molecule has 3 heterocycles. The van der Waals surface area contributed by atoms with Crippen LogP contribution >= 0.6 is 0 Å². The molecule has 118 valence electrons. The van der Waals surface area contributed by atoms with E-state index in [1.807, 2.05) is 0 Å². The second kappa shape index (κ2) is 5.91. The van der Waals surface area contributed by atoms with E-state index in [1.54, 1.807) is 37.4 Å². The maximum absolute atomic E-state index is 11.9. The van der Waals surface area contributed by atoms with Gasteiger partial charge in [0.25, 0.3) is 0 Å². The van der Waals surface area contributed by atoms with Crippen molar-refractivity contribution in [2.45, 2.75) is 13.5 Å². The SMILES string of the molecule is COC(=O)c1oc(Cn2c(-c3ccccn3)noc2=O)cc1C. The molecule has 0 aliphatic carbocycles. The lowest BCUT2D eigenvalue weighted by atomic mass is 10.2. The molecule has 8 nitrogen and oxygen atoms in total. The Hall–Kier alpha value is -3.16. The quantitative estimate of drug-likeness (QED) is 0.674. The summed E-state index contributed by atoms with van der Waals surface area (Å²) in [5.41, 5.74) is 1.12. The molecular weight excluding hydrogens is 302 g/mol. The van der Waals surface area contributed by atoms with Gasteiger partial charge in [-0.1, -0.05) is 11.2 Å². The predicted molar refractivity (Wildman–Crippen MR) is 77.9 cm³/mol. The van der Waals surface area contributed by atoms with Crippen LogP contribution in [0.5, 0.6) is 0 Å². The first-order chi connectivity index (χ1) is 11.1. The summed E-state index contributed by atoms with van der Waals surface area (Å²) in [5.74, 6) is -0.420. The summed E-state index contributed by atoms with van der Waals surface area (Å²) < 4.78 is 16.1. The standard InChI is InChI=1S/C15H13N3O5/c1-9-7-10(22-12(9)14(19)21-2)8-18-13(17-23-15(18)20)11-5-3-4-6-16-11/h3-7H,8H2,1-2H3. The number of hydrogen-bond donors (Lipinski definition) is 0. The van der Waals surface area contributed by atoms with Crippen molar-refractivity contribution in [2.75, 3.05) is 7.11 Å². The van der Waals surface area contributed by atoms with Crippen LogP contribution in [-0.2, 0) is 11.3 Å². The zero-order valence-electron chi connectivity index (χ0n) is 12.5. The molecule has 3 rings (SSSR count). The van der Waals surface area contributed by atoms with Gasteiger partial charge in [0.05, 0.1) is 13.7 Å². The number of aryl methyl sites for hydroxylation is 1. The van der Waals surface area contributed by atoms with Gasteiger partial charge in [0, 0.05) is 11.8 Å². The number of methoxy groups -OCH3 is 1. The smallest absolute Gasteiger partial charge is 0.442 e. The average molecular weight is 315 g/mol. The molecule has 0 aliphatic rings. The first-order valence-electron chi connectivity index (χ1n) is 6.75. The Morgan fingerprint density at radius 3 is 2.91 bits per heavy atom. The molecule has 0 amide bonds. The van der Waals surface area contributed by atoms with Gasteiger partial charge < -0.3 is 9.15 Å². The third-order valence-electron chi connectivity index (χ3n) is 3.23. The Morgan fingerprint density at radius 2 is 2.22 bits per heavy atom. The number of rotatable bonds is 4. The van der Waals surface area contributed by atoms with Crippen LogP contribution in [-0.4, -0.2) is 27.8 Å². The molecule has 0 N–H and O–H groups in total. The number of pyridine rings is 1. The number of aromatic nitrogens is 3. The second-order valence-electron chi connectivity index (χ2n) is 4.79. The average Bonchev–Trinajstić information content (AvgIpc) is 3.11. The van der Waals surface area contributed by atoms with E-state index in [1.165, 1.54) is 11.7 Å². The van der Waals surface area contributed by atoms with Gasteiger partial charge in [0.2, 0.25) is 11.6 Å². The van der Waals surface area contributed by atoms with Crippen LogP contribution in [0.4, 0.5) is 0 Å². The van der Waals surface area contributed by atoms with Gasteiger partial charge in [-0.25, -0.2) is 14.2 Å². The van der Waals surface area contributed by atoms with Crippen LogP contribution in [0.2, 0.25) is 0 Å². The third kappa shape index (κ3) is 2.78. The fourth-order valence-electron chi connectivity index (χ4n) is 2.16. The molecule has 0 aromatic carbocycles. The van der Waals surface area contributed by atoms with E-state index in [0.717, 1.165) is 0 Å². The number of hydrogen-bond acceptors (Lipinski definition) is 7. The predicted octanol–water partition coefficient (Wildman–Crippen LogP) is 1.63. The van der Waals surface area contributed by atoms with E-state index in [4.69, 9.17) is 8.94 Å². The minimum absolute atomic E-state index is 0.0616. The fourth-order valence-corrected chi connectivity index (χ4v) is 2.16. The van der Waals surface area contributed by atoms with Crippen LogP contribution in [0.25, 0.3) is 11.5 Å². The topological polar surface area (TPSA) is 100 Å². The van der Waals surface area contributed by atoms with Gasteiger partial charge in [-0.15, -0.1) is 0 Å². The molecule has 0 fully saturated rings. The van der Waals surface area contributed by atoms with Crippen molar-refractivity contribution >= 4 is 5.97 Å². The second-order valence-corrected chi connectivity index (χ2v) is 4.79. The Morgan fingerprint density at radius 1 is 1.39 bits per heavy atom. The lowest BCUT2D eigenvalue weighted by molar-refractivity contribution is 0.0561. The van der Waals surface area contributed by atoms with Gasteiger partial charge in [0.1, 0.15) is 11.5 Å². The number of carbonyl (C=O) groups excluding carboxylic acids is 1. The molecule has 0 bridgehead atoms. The Kier molecular flexibility index (Phi) is 3.80. The summed E-state index contributed by atoms with van der Waals surface area (Å²) in [6, 6.07) is 6.90. The van der Waals surface area contributed by atoms with Crippen molar-refractivity contribution in [3.63, 3.8) is 0 Å². The third-order valence-corrected chi connectivity index (χ3v) is 3.23. The number of ether oxygens (including phenoxy) is 1. The van der Waals surface area contributed by atoms with Crippen LogP contribution in [0, 0.1) is 6.92 Å². The van der Waals surface area contributed by atoms with Gasteiger partial charge in [-0.2, -0.15) is 0 Å². The molecule has 0 spiro atoms. The molecule has 0 saturated carbocycles. The number of nitrogens with zero attached hydrogens (tertiary/aromatic N) is 3. The van der Waals surface area contributed by atoms with E-state index in [2.05, 4.69) is 14.9 Å². The van der Waals surface area contributed by atoms with Crippen molar-refractivity contribution in [3.8, 4) is 11.5 Å². The van der Waals surface area contributed by atoms with Crippen LogP contribution in [0.3, 0.4) is 0 Å². The van der Waals surface area contributed by atoms with E-state index in [0.29, 0.717) is 17.0 Å². The maximum atomic E-state index is 11.9. The first-order valence-corrected chi connectivity index (χ1v) is 6.75. The van der Waals surface area contributed by atoms with Crippen LogP contribution < -0.4 is 5.76 Å². The van der Waals surface area contributed by atoms with Crippen molar-refractivity contribution in [2.24, 2.45) is 0 Å². The molecule has 0 atom stereocenters. The highest BCUT2D eigenvalue weighted by molar-refractivity contribution is 5.87. The zero-order valence-corrected chi connectivity index (χ0v) is 12.5. The molecule has 3 aromatic heterocycles. The highest BCUT2D eigenvalue weighted by atomic mass is 16.5. The summed E-state index contributed by atoms with van der Waals surface area (Å²) >= 11 is 0. The number of esters is 1. The molecule has 3 aromatic rings. The van der Waals surface area contributed by atoms with Crippen LogP contribution in [0.1, 0.15) is 21.9 Å². The molecule has 0 unspecified atom stereocenters. The van der Waals surface area contributed by atoms with Gasteiger partial charge in [0.15, 0.2) is 0 Å². The van der Waals surface area contributed by atoms with Crippen molar-refractivity contribution in [1.82, 2.24) is 14.7 Å². The largest absolute Gasteiger partial charge is 0.463 e. The molecule has 0 saturated heterocycles. The molecule has 23 heavy (non-hydrogen) atoms. The first kappa shape index (κ1) is 14.8. The Bertz CT molecular complexity index is 891. The highest BCUT2D eigenvalue weighted by Crippen LogP contribution is 2.18. The summed E-state index contributed by atoms with van der Waals surface area (Å²) in [5, 5.41) is 3.74. The molecular formula is C15H13N3O5. The molecule has 8 heteroatoms. The van der Waals surface area contributed by atoms with E-state index >= 15 is 0 Å². The zero-order chi connectivity index (χ0) is 16.4. The Balaban J connectivity index is 1.97.